The van der Waals surface area contributed by atoms with Gasteiger partial charge in [-0.15, -0.1) is 0 Å². The normalized spacial score (nSPS) is 13.9. The lowest BCUT2D eigenvalue weighted by molar-refractivity contribution is 0.184. The Balaban J connectivity index is 2.51. The Bertz CT molecular complexity index is 1070. The van der Waals surface area contributed by atoms with Gasteiger partial charge in [-0.2, -0.15) is 14.1 Å². The van der Waals surface area contributed by atoms with E-state index < -0.39 is 40.6 Å². The molecule has 0 radical (unpaired) electrons. The molecule has 1 N–H and O–H groups in total. The number of halogens is 4. The highest BCUT2D eigenvalue weighted by Gasteiger charge is 2.27. The van der Waals surface area contributed by atoms with Crippen LogP contribution in [-0.2, 0) is 0 Å². The van der Waals surface area contributed by atoms with Crippen molar-refractivity contribution >= 4 is 0 Å². The molecule has 2 aliphatic heterocycles. The van der Waals surface area contributed by atoms with Gasteiger partial charge < -0.3 is 5.21 Å². The molecule has 2 heterocycles. The molecule has 2 aliphatic rings. The van der Waals surface area contributed by atoms with Gasteiger partial charge in [0.05, 0.1) is 28.7 Å². The molecule has 5 nitrogen and oxygen atoms in total. The lowest BCUT2D eigenvalue weighted by Crippen LogP contribution is -2.28. The van der Waals surface area contributed by atoms with Gasteiger partial charge in [-0.25, -0.2) is 18.2 Å². The molecule has 0 amide bonds. The molecule has 9 heteroatoms. The van der Waals surface area contributed by atoms with Crippen LogP contribution in [0.3, 0.4) is 0 Å². The second kappa shape index (κ2) is 6.88. The van der Waals surface area contributed by atoms with Crippen molar-refractivity contribution in [1.82, 2.24) is 14.7 Å². The van der Waals surface area contributed by atoms with Crippen LogP contribution in [0.25, 0.3) is 22.6 Å². The van der Waals surface area contributed by atoms with E-state index >= 15 is 0 Å². The molecule has 148 valence electrons. The third kappa shape index (κ3) is 3.44. The Morgan fingerprint density at radius 3 is 2.25 bits per heavy atom. The number of pyridine rings is 1. The number of benzene rings is 1. The highest BCUT2D eigenvalue weighted by atomic mass is 19.1. The van der Waals surface area contributed by atoms with E-state index in [9.17, 15) is 22.8 Å². The van der Waals surface area contributed by atoms with E-state index in [4.69, 9.17) is 0 Å². The molecule has 0 saturated carbocycles. The predicted molar refractivity (Wildman–Crippen MR) is 93.6 cm³/mol. The number of fused-ring (bicyclic) bond motifs is 1. The van der Waals surface area contributed by atoms with Crippen LogP contribution in [0, 0.1) is 28.8 Å². The van der Waals surface area contributed by atoms with Gasteiger partial charge in [0, 0.05) is 18.3 Å². The summed E-state index contributed by atoms with van der Waals surface area (Å²) in [5, 5.41) is 9.75. The SMILES string of the molecule is CC(N=c1c2nccn(O)c-2nc(F)c1-c1c(F)cc(F)cc1F)C(C)(C)C. The molecule has 0 saturated heterocycles. The summed E-state index contributed by atoms with van der Waals surface area (Å²) in [5.41, 5.74) is -1.81. The second-order valence-electron chi connectivity index (χ2n) is 7.49. The van der Waals surface area contributed by atoms with Crippen molar-refractivity contribution in [2.75, 3.05) is 0 Å². The number of hydrogen-bond donors (Lipinski definition) is 1. The fourth-order valence-corrected chi connectivity index (χ4v) is 2.56. The summed E-state index contributed by atoms with van der Waals surface area (Å²) in [6, 6.07) is 0.477. The van der Waals surface area contributed by atoms with Gasteiger partial charge in [0.1, 0.15) is 23.1 Å². The minimum Gasteiger partial charge on any atom is -0.427 e. The first-order valence-corrected chi connectivity index (χ1v) is 8.45. The van der Waals surface area contributed by atoms with Crippen LogP contribution in [0.2, 0.25) is 0 Å². The van der Waals surface area contributed by atoms with E-state index in [0.29, 0.717) is 16.9 Å². The van der Waals surface area contributed by atoms with E-state index in [-0.39, 0.29) is 22.3 Å². The Hall–Kier alpha value is -2.97. The first kappa shape index (κ1) is 19.8. The van der Waals surface area contributed by atoms with Crippen molar-refractivity contribution in [2.24, 2.45) is 10.4 Å². The molecular formula is C19H18F4N4O. The van der Waals surface area contributed by atoms with Crippen molar-refractivity contribution < 1.29 is 22.8 Å². The van der Waals surface area contributed by atoms with Crippen molar-refractivity contribution in [1.29, 1.82) is 0 Å². The van der Waals surface area contributed by atoms with Gasteiger partial charge >= 0.3 is 0 Å². The predicted octanol–water partition coefficient (Wildman–Crippen LogP) is 4.18. The van der Waals surface area contributed by atoms with Crippen LogP contribution in [-0.4, -0.2) is 25.9 Å². The molecule has 3 rings (SSSR count). The number of hydrogen-bond acceptors (Lipinski definition) is 4. The lowest BCUT2D eigenvalue weighted by atomic mass is 9.88. The van der Waals surface area contributed by atoms with Crippen molar-refractivity contribution in [3.8, 4) is 22.6 Å². The zero-order chi connectivity index (χ0) is 20.8. The van der Waals surface area contributed by atoms with Crippen molar-refractivity contribution in [3.63, 3.8) is 0 Å². The summed E-state index contributed by atoms with van der Waals surface area (Å²) in [6.45, 7) is 7.42. The molecule has 1 aromatic carbocycles. The standard InChI is InChI=1S/C19H18F4N4O/c1-9(19(2,3)4)25-15-14(13-11(21)7-10(20)8-12(13)22)17(23)26-18-16(15)24-5-6-27(18)28/h5-9,28H,1-4H3. The smallest absolute Gasteiger partial charge is 0.225 e. The zero-order valence-corrected chi connectivity index (χ0v) is 15.6. The molecule has 1 aromatic rings. The molecule has 0 fully saturated rings. The summed E-state index contributed by atoms with van der Waals surface area (Å²) >= 11 is 0. The van der Waals surface area contributed by atoms with E-state index in [1.165, 1.54) is 6.20 Å². The lowest BCUT2D eigenvalue weighted by Gasteiger charge is -2.24. The summed E-state index contributed by atoms with van der Waals surface area (Å²) in [7, 11) is 0. The molecule has 0 bridgehead atoms. The molecule has 0 aromatic heterocycles. The summed E-state index contributed by atoms with van der Waals surface area (Å²) < 4.78 is 57.6. The van der Waals surface area contributed by atoms with Crippen LogP contribution in [0.1, 0.15) is 27.7 Å². The van der Waals surface area contributed by atoms with E-state index in [1.54, 1.807) is 6.92 Å². The van der Waals surface area contributed by atoms with Crippen LogP contribution < -0.4 is 5.36 Å². The van der Waals surface area contributed by atoms with Gasteiger partial charge in [0.25, 0.3) is 0 Å². The third-order valence-corrected chi connectivity index (χ3v) is 4.54. The molecule has 0 spiro atoms. The highest BCUT2D eigenvalue weighted by Crippen LogP contribution is 2.29. The molecule has 1 unspecified atom stereocenters. The average Bonchev–Trinajstić information content (AvgIpc) is 2.56. The van der Waals surface area contributed by atoms with Gasteiger partial charge in [-0.3, -0.25) is 4.99 Å². The van der Waals surface area contributed by atoms with Crippen LogP contribution in [0.15, 0.2) is 29.5 Å². The van der Waals surface area contributed by atoms with Crippen molar-refractivity contribution in [2.45, 2.75) is 33.7 Å². The van der Waals surface area contributed by atoms with E-state index in [2.05, 4.69) is 15.0 Å². The fraction of sp³-hybridized carbons (Fsp3) is 0.316. The quantitative estimate of drug-likeness (QED) is 0.403. The average molecular weight is 394 g/mol. The third-order valence-electron chi connectivity index (χ3n) is 4.54. The van der Waals surface area contributed by atoms with Gasteiger partial charge in [0.15, 0.2) is 5.82 Å². The van der Waals surface area contributed by atoms with Crippen LogP contribution in [0.5, 0.6) is 0 Å². The largest absolute Gasteiger partial charge is 0.427 e. The Morgan fingerprint density at radius 2 is 1.68 bits per heavy atom. The summed E-state index contributed by atoms with van der Waals surface area (Å²) in [6.07, 6.45) is 2.34. The molecular weight excluding hydrogens is 376 g/mol. The van der Waals surface area contributed by atoms with Gasteiger partial charge in [0.2, 0.25) is 5.95 Å². The highest BCUT2D eigenvalue weighted by molar-refractivity contribution is 5.70. The van der Waals surface area contributed by atoms with Gasteiger partial charge in [-0.05, 0) is 12.3 Å². The van der Waals surface area contributed by atoms with Crippen LogP contribution >= 0.6 is 0 Å². The maximum Gasteiger partial charge on any atom is 0.225 e. The summed E-state index contributed by atoms with van der Waals surface area (Å²) in [4.78, 5) is 12.1. The zero-order valence-electron chi connectivity index (χ0n) is 15.6. The first-order valence-electron chi connectivity index (χ1n) is 8.45. The van der Waals surface area contributed by atoms with E-state index in [0.717, 1.165) is 6.20 Å². The molecule has 0 aliphatic carbocycles. The minimum atomic E-state index is -1.30. The first-order chi connectivity index (χ1) is 13.0. The molecule has 28 heavy (non-hydrogen) atoms. The number of nitrogens with zero attached hydrogens (tertiary/aromatic N) is 4. The maximum atomic E-state index is 14.9. The van der Waals surface area contributed by atoms with Crippen LogP contribution in [0.4, 0.5) is 17.6 Å². The number of aromatic nitrogens is 3. The minimum absolute atomic E-state index is 0.0550. The van der Waals surface area contributed by atoms with Gasteiger partial charge in [-0.1, -0.05) is 20.8 Å². The molecule has 1 atom stereocenters. The fourth-order valence-electron chi connectivity index (χ4n) is 2.56. The van der Waals surface area contributed by atoms with Crippen molar-refractivity contribution in [3.05, 3.63) is 53.3 Å². The summed E-state index contributed by atoms with van der Waals surface area (Å²) in [5.74, 6) is -5.28. The van der Waals surface area contributed by atoms with E-state index in [1.807, 2.05) is 20.8 Å². The Morgan fingerprint density at radius 1 is 1.07 bits per heavy atom. The maximum absolute atomic E-state index is 14.9. The second-order valence-corrected chi connectivity index (χ2v) is 7.49. The Kier molecular flexibility index (Phi) is 4.86. The number of rotatable bonds is 2. The Labute approximate surface area is 158 Å². The topological polar surface area (TPSA) is 63.3 Å². The monoisotopic (exact) mass is 394 g/mol.